The van der Waals surface area contributed by atoms with Gasteiger partial charge in [0.05, 0.1) is 20.0 Å². The maximum atomic E-state index is 13.5. The van der Waals surface area contributed by atoms with Crippen molar-refractivity contribution in [2.45, 2.75) is 56.5 Å². The smallest absolute Gasteiger partial charge is 0.327 e. The van der Waals surface area contributed by atoms with E-state index >= 15 is 0 Å². The molecule has 16 heteroatoms. The molecule has 216 valence electrons. The van der Waals surface area contributed by atoms with Crippen molar-refractivity contribution in [3.05, 3.63) is 42.2 Å². The van der Waals surface area contributed by atoms with Crippen LogP contribution in [0.25, 0.3) is 11.2 Å². The number of nitrogens with zero attached hydrogens (tertiary/aromatic N) is 4. The van der Waals surface area contributed by atoms with Crippen LogP contribution >= 0.6 is 18.1 Å². The summed E-state index contributed by atoms with van der Waals surface area (Å²) in [4.78, 5) is 25.2. The summed E-state index contributed by atoms with van der Waals surface area (Å²) in [6.45, 7) is -0.748. The first-order chi connectivity index (χ1) is 19.0. The van der Waals surface area contributed by atoms with Crippen LogP contribution in [0.4, 0.5) is 5.95 Å². The van der Waals surface area contributed by atoms with Crippen molar-refractivity contribution in [1.29, 1.82) is 0 Å². The maximum absolute atomic E-state index is 13.5. The Bertz CT molecular complexity index is 1430. The van der Waals surface area contributed by atoms with Gasteiger partial charge >= 0.3 is 12.7 Å². The van der Waals surface area contributed by atoms with Crippen molar-refractivity contribution >= 4 is 41.2 Å². The van der Waals surface area contributed by atoms with Gasteiger partial charge in [0.1, 0.15) is 30.0 Å². The summed E-state index contributed by atoms with van der Waals surface area (Å²) in [6.07, 6.45) is -2.35. The van der Waals surface area contributed by atoms with Gasteiger partial charge in [-0.1, -0.05) is 41.7 Å². The maximum Gasteiger partial charge on any atom is 0.327 e. The number of imidazole rings is 1. The zero-order valence-corrected chi connectivity index (χ0v) is 23.7. The van der Waals surface area contributed by atoms with Gasteiger partial charge in [0.2, 0.25) is 11.8 Å². The molecular weight excluding hydrogens is 563 g/mol. The standard InChI is InChI=1S/C24H31N6O8PS/c1-13(14-7-5-4-6-8-14)37-21(32)15-9-10-40-39(34,29-15)36-11-16-18(31)24(2,33)22(38-16)30-12-26-17-19(30)27-23(25)28-20(17)35-3/h4-8,12-13,15-16,18,22,31,33H,9-11H2,1-3H3,(H,29,34)(H2,25,27,28)/t13-,15?,16?,18+,22+,24+,39+/m0/s1. The molecule has 0 spiro atoms. The number of aromatic nitrogens is 4. The number of benzene rings is 1. The molecular formula is C24H31N6O8PS. The van der Waals surface area contributed by atoms with E-state index in [1.807, 2.05) is 30.3 Å². The monoisotopic (exact) mass is 594 g/mol. The number of fused-ring (bicyclic) bond motifs is 1. The Morgan fingerprint density at radius 2 is 2.12 bits per heavy atom. The van der Waals surface area contributed by atoms with Crippen LogP contribution in [0.2, 0.25) is 0 Å². The molecule has 2 fully saturated rings. The van der Waals surface area contributed by atoms with Crippen LogP contribution in [-0.4, -0.2) is 79.0 Å². The lowest BCUT2D eigenvalue weighted by atomic mass is 9.96. The highest BCUT2D eigenvalue weighted by molar-refractivity contribution is 8.56. The molecule has 4 heterocycles. The van der Waals surface area contributed by atoms with E-state index in [0.717, 1.165) is 16.9 Å². The number of aliphatic hydroxyl groups is 2. The molecule has 7 atom stereocenters. The van der Waals surface area contributed by atoms with Gasteiger partial charge in [-0.3, -0.25) is 13.9 Å². The van der Waals surface area contributed by atoms with Crippen LogP contribution in [0.3, 0.4) is 0 Å². The second-order valence-corrected chi connectivity index (χ2v) is 14.1. The normalized spacial score (nSPS) is 31.2. The third-order valence-electron chi connectivity index (χ3n) is 6.84. The molecule has 2 aromatic heterocycles. The molecule has 40 heavy (non-hydrogen) atoms. The van der Waals surface area contributed by atoms with Gasteiger partial charge in [0, 0.05) is 5.75 Å². The van der Waals surface area contributed by atoms with Gasteiger partial charge in [-0.2, -0.15) is 9.97 Å². The number of nitrogens with two attached hydrogens (primary N) is 1. The predicted octanol–water partition coefficient (Wildman–Crippen LogP) is 1.95. The number of aliphatic hydroxyl groups excluding tert-OH is 1. The fourth-order valence-corrected chi connectivity index (χ4v) is 8.46. The van der Waals surface area contributed by atoms with Gasteiger partial charge in [-0.15, -0.1) is 0 Å². The highest BCUT2D eigenvalue weighted by Gasteiger charge is 2.54. The van der Waals surface area contributed by atoms with Crippen LogP contribution in [0.5, 0.6) is 5.88 Å². The number of hydrogen-bond donors (Lipinski definition) is 4. The number of nitrogens with one attached hydrogen (secondary N) is 1. The first-order valence-corrected chi connectivity index (χ1v) is 15.8. The van der Waals surface area contributed by atoms with Crippen molar-refractivity contribution in [1.82, 2.24) is 24.6 Å². The van der Waals surface area contributed by atoms with Gasteiger partial charge < -0.3 is 34.7 Å². The number of methoxy groups -OCH3 is 1. The van der Waals surface area contributed by atoms with E-state index in [4.69, 9.17) is 24.5 Å². The number of carbonyl (C=O) groups is 1. The number of ether oxygens (including phenoxy) is 3. The minimum atomic E-state index is -3.58. The number of nitrogen functional groups attached to an aromatic ring is 1. The highest BCUT2D eigenvalue weighted by Crippen LogP contribution is 2.59. The molecule has 0 aliphatic carbocycles. The molecule has 0 saturated carbocycles. The number of esters is 1. The predicted molar refractivity (Wildman–Crippen MR) is 145 cm³/mol. The molecule has 2 aliphatic heterocycles. The minimum absolute atomic E-state index is 0.0751. The van der Waals surface area contributed by atoms with Gasteiger partial charge in [0.25, 0.3) is 0 Å². The van der Waals surface area contributed by atoms with Crippen LogP contribution in [0.1, 0.15) is 38.2 Å². The van der Waals surface area contributed by atoms with Gasteiger partial charge in [0.15, 0.2) is 17.4 Å². The summed E-state index contributed by atoms with van der Waals surface area (Å²) in [5.74, 6) is -0.0791. The average Bonchev–Trinajstić information content (AvgIpc) is 3.45. The van der Waals surface area contributed by atoms with Crippen LogP contribution < -0.4 is 15.6 Å². The van der Waals surface area contributed by atoms with E-state index in [9.17, 15) is 19.6 Å². The lowest BCUT2D eigenvalue weighted by molar-refractivity contribution is -0.150. The molecule has 14 nitrogen and oxygen atoms in total. The van der Waals surface area contributed by atoms with Crippen molar-refractivity contribution in [3.8, 4) is 5.88 Å². The van der Waals surface area contributed by atoms with E-state index in [1.54, 1.807) is 6.92 Å². The summed E-state index contributed by atoms with van der Waals surface area (Å²) in [5.41, 5.74) is 5.34. The number of rotatable bonds is 8. The molecule has 2 aliphatic rings. The van der Waals surface area contributed by atoms with E-state index in [0.29, 0.717) is 12.2 Å². The largest absolute Gasteiger partial charge is 0.479 e. The van der Waals surface area contributed by atoms with E-state index in [1.165, 1.54) is 24.9 Å². The van der Waals surface area contributed by atoms with Crippen LogP contribution in [0, 0.1) is 0 Å². The Morgan fingerprint density at radius 3 is 2.85 bits per heavy atom. The Kier molecular flexibility index (Phi) is 8.08. The quantitative estimate of drug-likeness (QED) is 0.218. The zero-order chi connectivity index (χ0) is 28.7. The first-order valence-electron chi connectivity index (χ1n) is 12.5. The van der Waals surface area contributed by atoms with Crippen molar-refractivity contribution in [2.24, 2.45) is 0 Å². The molecule has 5 N–H and O–H groups in total. The van der Waals surface area contributed by atoms with E-state index in [2.05, 4.69) is 20.0 Å². The van der Waals surface area contributed by atoms with Crippen molar-refractivity contribution in [2.75, 3.05) is 25.2 Å². The summed E-state index contributed by atoms with van der Waals surface area (Å²) < 4.78 is 37.4. The molecule has 2 unspecified atom stereocenters. The van der Waals surface area contributed by atoms with Gasteiger partial charge in [-0.25, -0.2) is 10.1 Å². The molecule has 5 rings (SSSR count). The second kappa shape index (κ2) is 11.2. The van der Waals surface area contributed by atoms with E-state index in [-0.39, 0.29) is 29.6 Å². The van der Waals surface area contributed by atoms with Crippen LogP contribution in [-0.2, 0) is 23.4 Å². The SMILES string of the molecule is COc1nc(N)nc2c1ncn2[C@@H]1OC(CO[P@]2(=O)NC(C(=O)O[C@@H](C)c3ccccc3)CCS2)[C@@H](O)[C@@]1(C)O. The number of anilines is 1. The van der Waals surface area contributed by atoms with Crippen molar-refractivity contribution < 1.29 is 38.3 Å². The second-order valence-electron chi connectivity index (χ2n) is 9.70. The fraction of sp³-hybridized carbons (Fsp3) is 0.500. The highest BCUT2D eigenvalue weighted by atomic mass is 32.7. The molecule has 0 amide bonds. The average molecular weight is 595 g/mol. The summed E-state index contributed by atoms with van der Waals surface area (Å²) >= 11 is 1.05. The Labute approximate surface area is 233 Å². The summed E-state index contributed by atoms with van der Waals surface area (Å²) in [5, 5.41) is 24.9. The Morgan fingerprint density at radius 1 is 1.38 bits per heavy atom. The summed E-state index contributed by atoms with van der Waals surface area (Å²) in [6, 6.07) is 8.46. The zero-order valence-electron chi connectivity index (χ0n) is 22.0. The minimum Gasteiger partial charge on any atom is -0.479 e. The first kappa shape index (κ1) is 28.7. The molecule has 3 aromatic rings. The molecule has 2 saturated heterocycles. The third kappa shape index (κ3) is 5.55. The topological polar surface area (TPSA) is 193 Å². The van der Waals surface area contributed by atoms with Gasteiger partial charge in [-0.05, 0) is 25.8 Å². The van der Waals surface area contributed by atoms with Crippen LogP contribution in [0.15, 0.2) is 36.7 Å². The fourth-order valence-electron chi connectivity index (χ4n) is 4.65. The lowest BCUT2D eigenvalue weighted by Gasteiger charge is -2.30. The number of carbonyl (C=O) groups excluding carboxylic acids is 1. The lowest BCUT2D eigenvalue weighted by Crippen LogP contribution is -2.44. The molecule has 0 bridgehead atoms. The summed E-state index contributed by atoms with van der Waals surface area (Å²) in [7, 11) is 1.41. The Hall–Kier alpha value is -2.78. The third-order valence-corrected chi connectivity index (χ3v) is 10.9. The molecule has 1 aromatic carbocycles. The molecule has 0 radical (unpaired) electrons. The van der Waals surface area contributed by atoms with Crippen molar-refractivity contribution in [3.63, 3.8) is 0 Å². The Balaban J connectivity index is 1.25. The number of hydrogen-bond acceptors (Lipinski definition) is 13. The van der Waals surface area contributed by atoms with E-state index < -0.39 is 48.9 Å².